The van der Waals surface area contributed by atoms with Crippen molar-refractivity contribution in [1.29, 1.82) is 0 Å². The molecule has 0 aromatic heterocycles. The Hall–Kier alpha value is -1.10. The highest BCUT2D eigenvalue weighted by molar-refractivity contribution is 5.73. The SMILES string of the molecule is CCC(C)C(N)C(=O)O.O=CC(O)C(O)C(O)C(O)CO. The molecule has 0 radical (unpaired) electrons. The van der Waals surface area contributed by atoms with Gasteiger partial charge < -0.3 is 41.2 Å². The molecule has 0 rings (SSSR count). The molecule has 8 N–H and O–H groups in total. The van der Waals surface area contributed by atoms with E-state index in [4.69, 9.17) is 36.4 Å². The summed E-state index contributed by atoms with van der Waals surface area (Å²) in [7, 11) is 0. The molecule has 0 bridgehead atoms. The van der Waals surface area contributed by atoms with Crippen LogP contribution in [-0.2, 0) is 9.59 Å². The van der Waals surface area contributed by atoms with Crippen LogP contribution < -0.4 is 5.73 Å². The quantitative estimate of drug-likeness (QED) is 0.231. The van der Waals surface area contributed by atoms with Gasteiger partial charge in [-0.2, -0.15) is 0 Å². The monoisotopic (exact) mass is 311 g/mol. The third-order valence-corrected chi connectivity index (χ3v) is 2.96. The normalized spacial score (nSPS) is 19.2. The molecule has 0 aromatic carbocycles. The van der Waals surface area contributed by atoms with Crippen LogP contribution in [0.25, 0.3) is 0 Å². The molecule has 0 spiro atoms. The van der Waals surface area contributed by atoms with Gasteiger partial charge in [0.1, 0.15) is 30.5 Å². The van der Waals surface area contributed by atoms with Crippen LogP contribution in [0.3, 0.4) is 0 Å². The maximum atomic E-state index is 10.2. The molecular formula is C12H25NO8. The van der Waals surface area contributed by atoms with Crippen LogP contribution >= 0.6 is 0 Å². The standard InChI is InChI=1S/C6H13NO2.C6H12O6/c1-3-4(2)5(7)6(8)9;7-1-3(9)5(11)6(12)4(10)2-8/h4-5H,3,7H2,1-2H3,(H,8,9);1,3-6,8-12H,2H2. The maximum absolute atomic E-state index is 10.2. The zero-order chi connectivity index (χ0) is 17.2. The number of carboxylic acids is 1. The van der Waals surface area contributed by atoms with E-state index in [-0.39, 0.29) is 12.2 Å². The van der Waals surface area contributed by atoms with Crippen molar-refractivity contribution in [1.82, 2.24) is 0 Å². The molecule has 21 heavy (non-hydrogen) atoms. The van der Waals surface area contributed by atoms with E-state index >= 15 is 0 Å². The van der Waals surface area contributed by atoms with Gasteiger partial charge in [0.2, 0.25) is 0 Å². The van der Waals surface area contributed by atoms with Gasteiger partial charge in [0, 0.05) is 0 Å². The zero-order valence-corrected chi connectivity index (χ0v) is 12.0. The van der Waals surface area contributed by atoms with Gasteiger partial charge in [0.15, 0.2) is 6.29 Å². The fraction of sp³-hybridized carbons (Fsp3) is 0.833. The Kier molecular flexibility index (Phi) is 12.2. The minimum absolute atomic E-state index is 0.0258. The Morgan fingerprint density at radius 2 is 1.67 bits per heavy atom. The second-order valence-corrected chi connectivity index (χ2v) is 4.61. The van der Waals surface area contributed by atoms with Crippen LogP contribution in [-0.4, -0.2) is 80.0 Å². The Morgan fingerprint density at radius 3 is 1.90 bits per heavy atom. The summed E-state index contributed by atoms with van der Waals surface area (Å²) in [6, 6.07) is -0.699. The summed E-state index contributed by atoms with van der Waals surface area (Å²) in [6.07, 6.45) is -6.03. The molecule has 6 unspecified atom stereocenters. The van der Waals surface area contributed by atoms with Gasteiger partial charge in [-0.3, -0.25) is 4.79 Å². The Labute approximate surface area is 122 Å². The first-order valence-electron chi connectivity index (χ1n) is 6.40. The third kappa shape index (κ3) is 8.71. The van der Waals surface area contributed by atoms with Gasteiger partial charge in [0.05, 0.1) is 6.61 Å². The predicted octanol–water partition coefficient (Wildman–Crippen LogP) is -2.93. The van der Waals surface area contributed by atoms with Gasteiger partial charge >= 0.3 is 5.97 Å². The second kappa shape index (κ2) is 11.5. The Bertz CT molecular complexity index is 301. The van der Waals surface area contributed by atoms with Gasteiger partial charge in [0.25, 0.3) is 0 Å². The number of carbonyl (C=O) groups is 2. The van der Waals surface area contributed by atoms with Crippen molar-refractivity contribution < 1.29 is 40.2 Å². The number of aliphatic carboxylic acids is 1. The molecule has 0 amide bonds. The van der Waals surface area contributed by atoms with Crippen molar-refractivity contribution in [3.8, 4) is 0 Å². The Morgan fingerprint density at radius 1 is 1.19 bits per heavy atom. The topological polar surface area (TPSA) is 182 Å². The van der Waals surface area contributed by atoms with Gasteiger partial charge in [-0.05, 0) is 5.92 Å². The first-order valence-corrected chi connectivity index (χ1v) is 6.40. The van der Waals surface area contributed by atoms with Gasteiger partial charge in [-0.25, -0.2) is 0 Å². The lowest BCUT2D eigenvalue weighted by atomic mass is 10.0. The summed E-state index contributed by atoms with van der Waals surface area (Å²) in [4.78, 5) is 20.1. The number of aldehydes is 1. The lowest BCUT2D eigenvalue weighted by molar-refractivity contribution is -0.139. The van der Waals surface area contributed by atoms with Crippen molar-refractivity contribution in [2.24, 2.45) is 11.7 Å². The summed E-state index contributed by atoms with van der Waals surface area (Å²) in [5, 5.41) is 51.9. The number of carboxylic acid groups (broad SMARTS) is 1. The average Bonchev–Trinajstić information content (AvgIpc) is 2.50. The first-order chi connectivity index (χ1) is 9.63. The number of hydrogen-bond acceptors (Lipinski definition) is 8. The largest absolute Gasteiger partial charge is 0.480 e. The number of hydrogen-bond donors (Lipinski definition) is 7. The summed E-state index contributed by atoms with van der Waals surface area (Å²) < 4.78 is 0. The summed E-state index contributed by atoms with van der Waals surface area (Å²) in [5.41, 5.74) is 5.27. The van der Waals surface area contributed by atoms with E-state index < -0.39 is 43.0 Å². The fourth-order valence-corrected chi connectivity index (χ4v) is 1.12. The van der Waals surface area contributed by atoms with E-state index in [0.29, 0.717) is 0 Å². The van der Waals surface area contributed by atoms with Crippen LogP contribution in [0.15, 0.2) is 0 Å². The van der Waals surface area contributed by atoms with Crippen molar-refractivity contribution >= 4 is 12.3 Å². The van der Waals surface area contributed by atoms with E-state index in [2.05, 4.69) is 0 Å². The minimum Gasteiger partial charge on any atom is -0.480 e. The number of nitrogens with two attached hydrogens (primary N) is 1. The van der Waals surface area contributed by atoms with Crippen molar-refractivity contribution in [3.05, 3.63) is 0 Å². The summed E-state index contributed by atoms with van der Waals surface area (Å²) in [6.45, 7) is 3.00. The number of rotatable bonds is 8. The Balaban J connectivity index is 0. The van der Waals surface area contributed by atoms with Crippen LogP contribution in [0.1, 0.15) is 20.3 Å². The molecule has 6 atom stereocenters. The van der Waals surface area contributed by atoms with E-state index in [0.717, 1.165) is 6.42 Å². The first kappa shape index (κ1) is 22.2. The molecule has 9 nitrogen and oxygen atoms in total. The lowest BCUT2D eigenvalue weighted by Crippen LogP contribution is -2.46. The van der Waals surface area contributed by atoms with Gasteiger partial charge in [-0.15, -0.1) is 0 Å². The molecule has 9 heteroatoms. The highest BCUT2D eigenvalue weighted by Crippen LogP contribution is 2.04. The van der Waals surface area contributed by atoms with Crippen molar-refractivity contribution in [3.63, 3.8) is 0 Å². The van der Waals surface area contributed by atoms with E-state index in [9.17, 15) is 9.59 Å². The van der Waals surface area contributed by atoms with Crippen LogP contribution in [0.2, 0.25) is 0 Å². The lowest BCUT2D eigenvalue weighted by Gasteiger charge is -2.22. The maximum Gasteiger partial charge on any atom is 0.320 e. The molecule has 0 aliphatic heterocycles. The molecule has 126 valence electrons. The predicted molar refractivity (Wildman–Crippen MR) is 72.2 cm³/mol. The average molecular weight is 311 g/mol. The molecule has 0 saturated heterocycles. The molecule has 0 aliphatic carbocycles. The number of carbonyl (C=O) groups excluding carboxylic acids is 1. The van der Waals surface area contributed by atoms with Crippen LogP contribution in [0.4, 0.5) is 0 Å². The van der Waals surface area contributed by atoms with Crippen LogP contribution in [0, 0.1) is 5.92 Å². The minimum atomic E-state index is -1.79. The number of aliphatic hydroxyl groups is 5. The summed E-state index contributed by atoms with van der Waals surface area (Å²) in [5.74, 6) is -0.841. The smallest absolute Gasteiger partial charge is 0.320 e. The highest BCUT2D eigenvalue weighted by Gasteiger charge is 2.29. The third-order valence-electron chi connectivity index (χ3n) is 2.96. The molecule has 0 fully saturated rings. The van der Waals surface area contributed by atoms with Gasteiger partial charge in [-0.1, -0.05) is 20.3 Å². The zero-order valence-electron chi connectivity index (χ0n) is 12.0. The number of aliphatic hydroxyl groups excluding tert-OH is 5. The molecule has 0 aromatic rings. The fourth-order valence-electron chi connectivity index (χ4n) is 1.12. The second-order valence-electron chi connectivity index (χ2n) is 4.61. The molecule has 0 aliphatic rings. The van der Waals surface area contributed by atoms with Crippen molar-refractivity contribution in [2.75, 3.05) is 6.61 Å². The molecular weight excluding hydrogens is 286 g/mol. The summed E-state index contributed by atoms with van der Waals surface area (Å²) >= 11 is 0. The van der Waals surface area contributed by atoms with E-state index in [1.807, 2.05) is 13.8 Å². The highest BCUT2D eigenvalue weighted by atomic mass is 16.4. The van der Waals surface area contributed by atoms with E-state index in [1.165, 1.54) is 0 Å². The molecule has 0 saturated carbocycles. The van der Waals surface area contributed by atoms with E-state index in [1.54, 1.807) is 0 Å². The van der Waals surface area contributed by atoms with Crippen molar-refractivity contribution in [2.45, 2.75) is 50.7 Å². The molecule has 0 heterocycles. The van der Waals surface area contributed by atoms with Crippen LogP contribution in [0.5, 0.6) is 0 Å².